The third kappa shape index (κ3) is 46.1. The van der Waals surface area contributed by atoms with E-state index >= 15 is 0 Å². The molecule has 0 radical (unpaired) electrons. The monoisotopic (exact) mass is 803 g/mol. The van der Waals surface area contributed by atoms with E-state index in [1.807, 2.05) is 0 Å². The van der Waals surface area contributed by atoms with Crippen LogP contribution in [0.1, 0.15) is 311 Å². The van der Waals surface area contributed by atoms with E-state index in [4.69, 9.17) is 4.74 Å². The summed E-state index contributed by atoms with van der Waals surface area (Å²) in [6.07, 6.45) is 55.1. The first-order chi connectivity index (χ1) is 27.9. The molecule has 0 bridgehead atoms. The Bertz CT molecular complexity index is 803. The average Bonchev–Trinajstić information content (AvgIpc) is 3.18. The molecule has 0 saturated heterocycles. The van der Waals surface area contributed by atoms with Crippen LogP contribution in [-0.2, 0) is 14.3 Å². The van der Waals surface area contributed by atoms with Gasteiger partial charge in [-0.1, -0.05) is 266 Å². The number of hydrogen-bond donors (Lipinski definition) is 0. The van der Waals surface area contributed by atoms with Crippen molar-refractivity contribution in [2.45, 2.75) is 311 Å². The molecule has 0 heterocycles. The Morgan fingerprint density at radius 3 is 0.965 bits per heavy atom. The van der Waals surface area contributed by atoms with Gasteiger partial charge in [-0.15, -0.1) is 0 Å². The molecule has 0 amide bonds. The second kappa shape index (κ2) is 46.2. The van der Waals surface area contributed by atoms with Crippen LogP contribution >= 0.6 is 0 Å². The van der Waals surface area contributed by atoms with Crippen LogP contribution in [-0.4, -0.2) is 18.4 Å². The van der Waals surface area contributed by atoms with Gasteiger partial charge in [0.25, 0.3) is 0 Å². The van der Waals surface area contributed by atoms with Crippen molar-refractivity contribution < 1.29 is 14.3 Å². The molecule has 57 heavy (non-hydrogen) atoms. The van der Waals surface area contributed by atoms with Crippen LogP contribution in [0, 0.1) is 17.8 Å². The van der Waals surface area contributed by atoms with E-state index in [9.17, 15) is 9.59 Å². The molecular formula is C54H106O3. The Kier molecular flexibility index (Phi) is 45.5. The highest BCUT2D eigenvalue weighted by atomic mass is 16.5. The maximum Gasteiger partial charge on any atom is 0.305 e. The van der Waals surface area contributed by atoms with Crippen LogP contribution in [0.5, 0.6) is 0 Å². The average molecular weight is 803 g/mol. The predicted octanol–water partition coefficient (Wildman–Crippen LogP) is 18.8. The summed E-state index contributed by atoms with van der Waals surface area (Å²) < 4.78 is 5.51. The largest absolute Gasteiger partial charge is 0.466 e. The lowest BCUT2D eigenvalue weighted by atomic mass is 9.88. The van der Waals surface area contributed by atoms with Crippen LogP contribution in [0.2, 0.25) is 0 Å². The zero-order valence-electron chi connectivity index (χ0n) is 40.1. The van der Waals surface area contributed by atoms with Crippen LogP contribution in [0.3, 0.4) is 0 Å². The molecule has 340 valence electrons. The van der Waals surface area contributed by atoms with E-state index in [-0.39, 0.29) is 5.97 Å². The van der Waals surface area contributed by atoms with Gasteiger partial charge in [0.1, 0.15) is 5.78 Å². The van der Waals surface area contributed by atoms with Gasteiger partial charge in [0.05, 0.1) is 6.61 Å². The molecular weight excluding hydrogens is 697 g/mol. The summed E-state index contributed by atoms with van der Waals surface area (Å²) in [4.78, 5) is 25.4. The molecule has 0 rings (SSSR count). The molecule has 0 aromatic carbocycles. The van der Waals surface area contributed by atoms with E-state index in [2.05, 4.69) is 34.6 Å². The lowest BCUT2D eigenvalue weighted by molar-refractivity contribution is -0.143. The first-order valence-corrected chi connectivity index (χ1v) is 26.5. The molecule has 1 atom stereocenters. The third-order valence-corrected chi connectivity index (χ3v) is 12.7. The van der Waals surface area contributed by atoms with Gasteiger partial charge in [-0.2, -0.15) is 0 Å². The highest BCUT2D eigenvalue weighted by Crippen LogP contribution is 2.23. The summed E-state index contributed by atoms with van der Waals surface area (Å²) >= 11 is 0. The molecule has 0 aliphatic carbocycles. The molecule has 0 spiro atoms. The fourth-order valence-corrected chi connectivity index (χ4v) is 8.69. The number of carbonyl (C=O) groups excluding carboxylic acids is 2. The number of Topliss-reactive ketones (excluding diaryl/α,β-unsaturated/α-hetero) is 1. The number of hydrogen-bond acceptors (Lipinski definition) is 3. The Morgan fingerprint density at radius 1 is 0.333 bits per heavy atom. The van der Waals surface area contributed by atoms with Crippen molar-refractivity contribution in [3.8, 4) is 0 Å². The van der Waals surface area contributed by atoms with E-state index in [0.29, 0.717) is 24.7 Å². The maximum atomic E-state index is 13.2. The number of rotatable bonds is 48. The van der Waals surface area contributed by atoms with Crippen LogP contribution in [0.15, 0.2) is 0 Å². The molecule has 3 heteroatoms. The van der Waals surface area contributed by atoms with E-state index in [1.165, 1.54) is 225 Å². The quantitative estimate of drug-likeness (QED) is 0.0455. The smallest absolute Gasteiger partial charge is 0.305 e. The molecule has 1 unspecified atom stereocenters. The standard InChI is InChI=1S/C54H106O3/c1-6-7-8-38-45-52(53(55)47-40-33-27-20-16-12-11-15-19-25-31-37-44-51(4)5)46-39-32-26-21-22-28-34-41-48-54(56)57-49-42-35-29-23-17-13-9-10-14-18-24-30-36-43-50(2)3/h50-52H,6-49H2,1-5H3. The van der Waals surface area contributed by atoms with Gasteiger partial charge >= 0.3 is 5.97 Å². The number of unbranched alkanes of at least 4 members (excludes halogenated alkanes) is 33. The minimum absolute atomic E-state index is 0.00728. The third-order valence-electron chi connectivity index (χ3n) is 12.7. The van der Waals surface area contributed by atoms with Crippen molar-refractivity contribution in [1.29, 1.82) is 0 Å². The van der Waals surface area contributed by atoms with Gasteiger partial charge in [0.15, 0.2) is 0 Å². The first-order valence-electron chi connectivity index (χ1n) is 26.5. The van der Waals surface area contributed by atoms with Crippen molar-refractivity contribution in [3.63, 3.8) is 0 Å². The second-order valence-electron chi connectivity index (χ2n) is 19.6. The Morgan fingerprint density at radius 2 is 0.614 bits per heavy atom. The van der Waals surface area contributed by atoms with Crippen LogP contribution < -0.4 is 0 Å². The van der Waals surface area contributed by atoms with E-state index in [1.54, 1.807) is 0 Å². The lowest BCUT2D eigenvalue weighted by Crippen LogP contribution is -2.14. The summed E-state index contributed by atoms with van der Waals surface area (Å²) in [6.45, 7) is 12.2. The highest BCUT2D eigenvalue weighted by molar-refractivity contribution is 5.80. The van der Waals surface area contributed by atoms with Crippen molar-refractivity contribution >= 4 is 11.8 Å². The summed E-state index contributed by atoms with van der Waals surface area (Å²) in [5.74, 6) is 2.62. The molecule has 0 aliphatic rings. The van der Waals surface area contributed by atoms with Crippen molar-refractivity contribution in [2.75, 3.05) is 6.61 Å². The maximum absolute atomic E-state index is 13.2. The zero-order chi connectivity index (χ0) is 41.7. The highest BCUT2D eigenvalue weighted by Gasteiger charge is 2.17. The number of ether oxygens (including phenoxy) is 1. The summed E-state index contributed by atoms with van der Waals surface area (Å²) in [5.41, 5.74) is 0. The normalized spacial score (nSPS) is 12.3. The fourth-order valence-electron chi connectivity index (χ4n) is 8.69. The topological polar surface area (TPSA) is 43.4 Å². The van der Waals surface area contributed by atoms with Gasteiger partial charge in [-0.25, -0.2) is 0 Å². The van der Waals surface area contributed by atoms with E-state index in [0.717, 1.165) is 56.8 Å². The Hall–Kier alpha value is -0.860. The SMILES string of the molecule is CCCCCCC(CCCCCCCCCCC(=O)OCCCCCCCCCCCCCCCC(C)C)C(=O)CCCCCCCCCCCCCCC(C)C. The second-order valence-corrected chi connectivity index (χ2v) is 19.6. The molecule has 0 aromatic rings. The number of carbonyl (C=O) groups is 2. The molecule has 3 nitrogen and oxygen atoms in total. The number of ketones is 1. The van der Waals surface area contributed by atoms with E-state index < -0.39 is 0 Å². The molecule has 0 N–H and O–H groups in total. The molecule has 0 aromatic heterocycles. The van der Waals surface area contributed by atoms with Gasteiger partial charge in [-0.3, -0.25) is 9.59 Å². The summed E-state index contributed by atoms with van der Waals surface area (Å²) in [7, 11) is 0. The minimum Gasteiger partial charge on any atom is -0.466 e. The minimum atomic E-state index is 0.00728. The van der Waals surface area contributed by atoms with Crippen LogP contribution in [0.4, 0.5) is 0 Å². The fraction of sp³-hybridized carbons (Fsp3) is 0.963. The van der Waals surface area contributed by atoms with Gasteiger partial charge < -0.3 is 4.74 Å². The summed E-state index contributed by atoms with van der Waals surface area (Å²) in [6, 6.07) is 0. The molecule has 0 aliphatic heterocycles. The zero-order valence-corrected chi connectivity index (χ0v) is 40.1. The summed E-state index contributed by atoms with van der Waals surface area (Å²) in [5, 5.41) is 0. The Labute approximate surface area is 360 Å². The van der Waals surface area contributed by atoms with Crippen molar-refractivity contribution in [2.24, 2.45) is 17.8 Å². The molecule has 0 fully saturated rings. The van der Waals surface area contributed by atoms with Crippen molar-refractivity contribution in [1.82, 2.24) is 0 Å². The van der Waals surface area contributed by atoms with Crippen LogP contribution in [0.25, 0.3) is 0 Å². The molecule has 0 saturated carbocycles. The predicted molar refractivity (Wildman–Crippen MR) is 253 cm³/mol. The first kappa shape index (κ1) is 56.1. The van der Waals surface area contributed by atoms with Gasteiger partial charge in [-0.05, 0) is 43.9 Å². The lowest BCUT2D eigenvalue weighted by Gasteiger charge is -2.16. The van der Waals surface area contributed by atoms with Gasteiger partial charge in [0.2, 0.25) is 0 Å². The number of esters is 1. The van der Waals surface area contributed by atoms with Gasteiger partial charge in [0, 0.05) is 18.8 Å². The van der Waals surface area contributed by atoms with Crippen molar-refractivity contribution in [3.05, 3.63) is 0 Å². The Balaban J connectivity index is 3.68.